The molecule has 0 saturated carbocycles. The molecule has 0 spiro atoms. The Hall–Kier alpha value is -0.670. The summed E-state index contributed by atoms with van der Waals surface area (Å²) in [6, 6.07) is 0. The van der Waals surface area contributed by atoms with Crippen LogP contribution in [0.1, 0.15) is 20.3 Å². The number of rotatable bonds is 4. The van der Waals surface area contributed by atoms with E-state index in [1.165, 1.54) is 0 Å². The van der Waals surface area contributed by atoms with Gasteiger partial charge in [-0.3, -0.25) is 9.83 Å². The Morgan fingerprint density at radius 2 is 2.40 bits per heavy atom. The van der Waals surface area contributed by atoms with E-state index in [1.807, 2.05) is 19.9 Å². The van der Waals surface area contributed by atoms with Crippen LogP contribution in [0.15, 0.2) is 16.8 Å². The van der Waals surface area contributed by atoms with Crippen molar-refractivity contribution in [3.05, 3.63) is 11.8 Å². The van der Waals surface area contributed by atoms with Crippen LogP contribution in [-0.2, 0) is 4.84 Å². The molecule has 0 aromatic carbocycles. The average molecular weight is 142 g/mol. The smallest absolute Gasteiger partial charge is 0.110 e. The molecule has 58 valence electrons. The molecule has 2 N–H and O–H groups in total. The van der Waals surface area contributed by atoms with Crippen LogP contribution in [-0.4, -0.2) is 12.8 Å². The normalized spacial score (nSPS) is 12.9. The van der Waals surface area contributed by atoms with E-state index in [4.69, 9.17) is 5.90 Å². The number of nitrogens with zero attached hydrogens (tertiary/aromatic N) is 1. The van der Waals surface area contributed by atoms with Gasteiger partial charge in [0.05, 0.1) is 5.70 Å². The largest absolute Gasteiger partial charge is 0.298 e. The van der Waals surface area contributed by atoms with E-state index in [2.05, 4.69) is 9.83 Å². The van der Waals surface area contributed by atoms with Crippen LogP contribution in [0.3, 0.4) is 0 Å². The van der Waals surface area contributed by atoms with E-state index in [1.54, 1.807) is 6.21 Å². The van der Waals surface area contributed by atoms with Crippen LogP contribution in [0.25, 0.3) is 0 Å². The maximum absolute atomic E-state index is 4.88. The van der Waals surface area contributed by atoms with Gasteiger partial charge in [0.15, 0.2) is 0 Å². The Balaban J connectivity index is 3.84. The molecule has 0 rings (SSSR count). The highest BCUT2D eigenvalue weighted by Gasteiger charge is 1.88. The molecule has 0 amide bonds. The second-order valence-electron chi connectivity index (χ2n) is 1.80. The Labute approximate surface area is 61.5 Å². The molecule has 3 heteroatoms. The zero-order valence-corrected chi connectivity index (χ0v) is 6.50. The van der Waals surface area contributed by atoms with Crippen molar-refractivity contribution in [1.82, 2.24) is 0 Å². The maximum Gasteiger partial charge on any atom is 0.110 e. The van der Waals surface area contributed by atoms with Gasteiger partial charge >= 0.3 is 0 Å². The second-order valence-corrected chi connectivity index (χ2v) is 1.80. The molecule has 0 aliphatic carbocycles. The summed E-state index contributed by atoms with van der Waals surface area (Å²) in [4.78, 5) is 8.46. The van der Waals surface area contributed by atoms with Gasteiger partial charge in [0.25, 0.3) is 0 Å². The monoisotopic (exact) mass is 142 g/mol. The molecule has 10 heavy (non-hydrogen) atoms. The summed E-state index contributed by atoms with van der Waals surface area (Å²) in [7, 11) is 0. The molecule has 0 aromatic heterocycles. The molecule has 0 radical (unpaired) electrons. The molecule has 3 nitrogen and oxygen atoms in total. The van der Waals surface area contributed by atoms with Gasteiger partial charge in [-0.25, -0.2) is 5.90 Å². The van der Waals surface area contributed by atoms with E-state index in [0.29, 0.717) is 6.61 Å². The van der Waals surface area contributed by atoms with Crippen molar-refractivity contribution in [3.63, 3.8) is 0 Å². The lowest BCUT2D eigenvalue weighted by Crippen LogP contribution is -2.02. The number of aliphatic imine (C=N–C) groups is 1. The number of hydrogen-bond donors (Lipinski definition) is 1. The van der Waals surface area contributed by atoms with Gasteiger partial charge in [-0.1, -0.05) is 13.0 Å². The fraction of sp³-hybridized carbons (Fsp3) is 0.571. The molecule has 0 aromatic rings. The Bertz CT molecular complexity index is 130. The first-order chi connectivity index (χ1) is 4.85. The highest BCUT2D eigenvalue weighted by molar-refractivity contribution is 5.55. The van der Waals surface area contributed by atoms with Gasteiger partial charge < -0.3 is 0 Å². The van der Waals surface area contributed by atoms with Gasteiger partial charge in [0, 0.05) is 6.21 Å². The van der Waals surface area contributed by atoms with Crippen LogP contribution in [0.4, 0.5) is 0 Å². The van der Waals surface area contributed by atoms with Crippen LogP contribution in [0.2, 0.25) is 0 Å². The van der Waals surface area contributed by atoms with Gasteiger partial charge in [-0.2, -0.15) is 0 Å². The minimum Gasteiger partial charge on any atom is -0.298 e. The fourth-order valence-corrected chi connectivity index (χ4v) is 0.636. The number of nitrogens with two attached hydrogens (primary N) is 1. The van der Waals surface area contributed by atoms with Crippen molar-refractivity contribution in [2.75, 3.05) is 6.61 Å². The van der Waals surface area contributed by atoms with Crippen molar-refractivity contribution in [2.45, 2.75) is 20.3 Å². The third-order valence-electron chi connectivity index (χ3n) is 0.966. The Kier molecular flexibility index (Phi) is 6.02. The minimum atomic E-state index is 0.387. The van der Waals surface area contributed by atoms with Crippen molar-refractivity contribution in [1.29, 1.82) is 0 Å². The summed E-state index contributed by atoms with van der Waals surface area (Å²) in [5.74, 6) is 4.88. The van der Waals surface area contributed by atoms with Gasteiger partial charge in [-0.05, 0) is 13.3 Å². The van der Waals surface area contributed by atoms with E-state index in [0.717, 1.165) is 12.1 Å². The summed E-state index contributed by atoms with van der Waals surface area (Å²) in [6.07, 6.45) is 4.66. The van der Waals surface area contributed by atoms with Crippen molar-refractivity contribution in [2.24, 2.45) is 10.9 Å². The van der Waals surface area contributed by atoms with Gasteiger partial charge in [-0.15, -0.1) is 0 Å². The van der Waals surface area contributed by atoms with E-state index in [-0.39, 0.29) is 0 Å². The number of allylic oxidation sites excluding steroid dienone is 1. The van der Waals surface area contributed by atoms with Gasteiger partial charge in [0.1, 0.15) is 6.61 Å². The number of hydrogen-bond acceptors (Lipinski definition) is 3. The molecule has 0 bridgehead atoms. The molecular weight excluding hydrogens is 128 g/mol. The Morgan fingerprint density at radius 1 is 1.70 bits per heavy atom. The summed E-state index contributed by atoms with van der Waals surface area (Å²) in [5.41, 5.74) is 0.882. The van der Waals surface area contributed by atoms with Crippen molar-refractivity contribution >= 4 is 6.21 Å². The average Bonchev–Trinajstić information content (AvgIpc) is 1.90. The summed E-state index contributed by atoms with van der Waals surface area (Å²) in [5, 5.41) is 0. The molecule has 0 fully saturated rings. The fourth-order valence-electron chi connectivity index (χ4n) is 0.636. The molecule has 0 saturated heterocycles. The van der Waals surface area contributed by atoms with Crippen LogP contribution in [0.5, 0.6) is 0 Å². The Morgan fingerprint density at radius 3 is 2.80 bits per heavy atom. The summed E-state index contributed by atoms with van der Waals surface area (Å²) in [6.45, 7) is 4.29. The maximum atomic E-state index is 4.88. The second kappa shape index (κ2) is 6.45. The lowest BCUT2D eigenvalue weighted by molar-refractivity contribution is 0.160. The quantitative estimate of drug-likeness (QED) is 0.474. The topological polar surface area (TPSA) is 47.6 Å². The lowest BCUT2D eigenvalue weighted by Gasteiger charge is -1.96. The van der Waals surface area contributed by atoms with E-state index >= 15 is 0 Å². The minimum absolute atomic E-state index is 0.387. The third kappa shape index (κ3) is 4.23. The molecule has 0 aliphatic heterocycles. The van der Waals surface area contributed by atoms with E-state index < -0.39 is 0 Å². The van der Waals surface area contributed by atoms with Crippen molar-refractivity contribution < 1.29 is 4.84 Å². The van der Waals surface area contributed by atoms with Gasteiger partial charge in [0.2, 0.25) is 0 Å². The third-order valence-corrected chi connectivity index (χ3v) is 0.966. The molecular formula is C7H14N2O. The van der Waals surface area contributed by atoms with Crippen molar-refractivity contribution in [3.8, 4) is 0 Å². The molecule has 0 heterocycles. The summed E-state index contributed by atoms with van der Waals surface area (Å²) < 4.78 is 0. The zero-order chi connectivity index (χ0) is 7.82. The SMILES string of the molecule is CC=N/C(=C\CC)CON. The molecule has 0 aliphatic rings. The highest BCUT2D eigenvalue weighted by Crippen LogP contribution is 1.96. The predicted molar refractivity (Wildman–Crippen MR) is 42.7 cm³/mol. The lowest BCUT2D eigenvalue weighted by atomic mass is 10.3. The first kappa shape index (κ1) is 9.33. The first-order valence-corrected chi connectivity index (χ1v) is 3.34. The molecule has 0 unspecified atom stereocenters. The predicted octanol–water partition coefficient (Wildman–Crippen LogP) is 1.26. The standard InChI is InChI=1S/C7H14N2O/c1-3-5-7(6-10-8)9-4-2/h4-5H,3,6,8H2,1-2H3/b7-5-,9-4?. The van der Waals surface area contributed by atoms with E-state index in [9.17, 15) is 0 Å². The highest BCUT2D eigenvalue weighted by atomic mass is 16.6. The van der Waals surface area contributed by atoms with Crippen LogP contribution in [0, 0.1) is 0 Å². The summed E-state index contributed by atoms with van der Waals surface area (Å²) >= 11 is 0. The van der Waals surface area contributed by atoms with Crippen LogP contribution < -0.4 is 5.90 Å². The van der Waals surface area contributed by atoms with Crippen LogP contribution >= 0.6 is 0 Å². The first-order valence-electron chi connectivity index (χ1n) is 3.34. The molecule has 0 atom stereocenters. The zero-order valence-electron chi connectivity index (χ0n) is 6.50.